The van der Waals surface area contributed by atoms with Crippen molar-refractivity contribution < 1.29 is 0 Å². The van der Waals surface area contributed by atoms with Crippen molar-refractivity contribution in [2.24, 2.45) is 10.9 Å². The van der Waals surface area contributed by atoms with Crippen molar-refractivity contribution in [3.05, 3.63) is 22.4 Å². The van der Waals surface area contributed by atoms with Crippen molar-refractivity contribution in [3.63, 3.8) is 0 Å². The molecule has 10 heavy (non-hydrogen) atoms. The van der Waals surface area contributed by atoms with Crippen molar-refractivity contribution in [2.45, 2.75) is 13.3 Å². The van der Waals surface area contributed by atoms with Crippen LogP contribution in [0.5, 0.6) is 0 Å². The average molecular weight is 154 g/mol. The first-order valence-corrected chi connectivity index (χ1v) is 4.07. The van der Waals surface area contributed by atoms with Crippen LogP contribution < -0.4 is 5.84 Å². The van der Waals surface area contributed by atoms with Gasteiger partial charge < -0.3 is 5.84 Å². The van der Waals surface area contributed by atoms with Crippen LogP contribution in [0.1, 0.15) is 18.2 Å². The molecule has 0 unspecified atom stereocenters. The van der Waals surface area contributed by atoms with E-state index < -0.39 is 0 Å². The van der Waals surface area contributed by atoms with E-state index in [2.05, 4.69) is 5.10 Å². The molecule has 1 heterocycles. The van der Waals surface area contributed by atoms with Gasteiger partial charge >= 0.3 is 0 Å². The molecule has 1 aromatic rings. The van der Waals surface area contributed by atoms with Crippen molar-refractivity contribution in [3.8, 4) is 0 Å². The van der Waals surface area contributed by atoms with Crippen LogP contribution in [0.2, 0.25) is 0 Å². The summed E-state index contributed by atoms with van der Waals surface area (Å²) in [6.45, 7) is 2.05. The molecule has 0 bridgehead atoms. The highest BCUT2D eigenvalue weighted by molar-refractivity contribution is 7.12. The van der Waals surface area contributed by atoms with Gasteiger partial charge in [0.1, 0.15) is 0 Å². The third-order valence-corrected chi connectivity index (χ3v) is 2.22. The van der Waals surface area contributed by atoms with Crippen molar-refractivity contribution in [2.75, 3.05) is 0 Å². The van der Waals surface area contributed by atoms with E-state index in [0.29, 0.717) is 0 Å². The van der Waals surface area contributed by atoms with Crippen LogP contribution in [0, 0.1) is 0 Å². The van der Waals surface area contributed by atoms with Crippen LogP contribution >= 0.6 is 11.3 Å². The molecule has 1 rings (SSSR count). The van der Waals surface area contributed by atoms with Crippen LogP contribution in [0.25, 0.3) is 0 Å². The van der Waals surface area contributed by atoms with Crippen molar-refractivity contribution in [1.29, 1.82) is 0 Å². The number of rotatable bonds is 2. The molecule has 0 radical (unpaired) electrons. The molecule has 0 saturated heterocycles. The van der Waals surface area contributed by atoms with Gasteiger partial charge in [-0.3, -0.25) is 0 Å². The fourth-order valence-corrected chi connectivity index (χ4v) is 1.57. The normalized spacial score (nSPS) is 11.9. The lowest BCUT2D eigenvalue weighted by molar-refractivity contribution is 1.18. The topological polar surface area (TPSA) is 38.4 Å². The average Bonchev–Trinajstić information content (AvgIpc) is 2.43. The minimum Gasteiger partial charge on any atom is -0.323 e. The second kappa shape index (κ2) is 3.37. The Labute approximate surface area is 64.4 Å². The van der Waals surface area contributed by atoms with Gasteiger partial charge in [0, 0.05) is 0 Å². The monoisotopic (exact) mass is 154 g/mol. The zero-order chi connectivity index (χ0) is 7.40. The second-order valence-corrected chi connectivity index (χ2v) is 2.85. The predicted octanol–water partition coefficient (Wildman–Crippen LogP) is 1.82. The molecule has 0 atom stereocenters. The quantitative estimate of drug-likeness (QED) is 0.394. The molecular weight excluding hydrogens is 144 g/mol. The molecule has 0 amide bonds. The second-order valence-electron chi connectivity index (χ2n) is 1.91. The molecule has 1 aromatic heterocycles. The van der Waals surface area contributed by atoms with E-state index in [1.54, 1.807) is 11.3 Å². The highest BCUT2D eigenvalue weighted by Crippen LogP contribution is 2.10. The van der Waals surface area contributed by atoms with E-state index in [4.69, 9.17) is 5.84 Å². The van der Waals surface area contributed by atoms with Gasteiger partial charge in [-0.15, -0.1) is 11.3 Å². The summed E-state index contributed by atoms with van der Waals surface area (Å²) in [5.41, 5.74) is 0.981. The van der Waals surface area contributed by atoms with E-state index in [1.807, 2.05) is 24.4 Å². The lowest BCUT2D eigenvalue weighted by Crippen LogP contribution is -1.99. The maximum absolute atomic E-state index is 5.17. The van der Waals surface area contributed by atoms with Crippen LogP contribution in [0.3, 0.4) is 0 Å². The molecule has 0 spiro atoms. The van der Waals surface area contributed by atoms with Gasteiger partial charge in [0.05, 0.1) is 10.6 Å². The Morgan fingerprint density at radius 2 is 2.60 bits per heavy atom. The maximum Gasteiger partial charge on any atom is 0.0769 e. The first-order valence-electron chi connectivity index (χ1n) is 3.19. The standard InChI is InChI=1S/C7H10N2S/c1-2-6(9-8)7-4-3-5-10-7/h3-5H,2,8H2,1H3/b9-6-. The summed E-state index contributed by atoms with van der Waals surface area (Å²) in [6.07, 6.45) is 0.900. The number of thiophene rings is 1. The first kappa shape index (κ1) is 7.28. The first-order chi connectivity index (χ1) is 4.88. The van der Waals surface area contributed by atoms with E-state index in [9.17, 15) is 0 Å². The van der Waals surface area contributed by atoms with Crippen LogP contribution in [0.4, 0.5) is 0 Å². The van der Waals surface area contributed by atoms with Gasteiger partial charge in [-0.2, -0.15) is 5.10 Å². The van der Waals surface area contributed by atoms with E-state index in [1.165, 1.54) is 4.88 Å². The van der Waals surface area contributed by atoms with Crippen LogP contribution in [0.15, 0.2) is 22.6 Å². The molecule has 2 N–H and O–H groups in total. The maximum atomic E-state index is 5.17. The highest BCUT2D eigenvalue weighted by atomic mass is 32.1. The summed E-state index contributed by atoms with van der Waals surface area (Å²) in [4.78, 5) is 1.17. The van der Waals surface area contributed by atoms with E-state index in [0.717, 1.165) is 12.1 Å². The van der Waals surface area contributed by atoms with E-state index >= 15 is 0 Å². The Morgan fingerprint density at radius 3 is 3.00 bits per heavy atom. The summed E-state index contributed by atoms with van der Waals surface area (Å²) >= 11 is 1.67. The Balaban J connectivity index is 2.85. The Hall–Kier alpha value is -0.830. The molecule has 0 fully saturated rings. The number of hydrogen-bond donors (Lipinski definition) is 1. The molecule has 54 valence electrons. The molecule has 3 heteroatoms. The fraction of sp³-hybridized carbons (Fsp3) is 0.286. The van der Waals surface area contributed by atoms with Crippen molar-refractivity contribution in [1.82, 2.24) is 0 Å². The Morgan fingerprint density at radius 1 is 1.80 bits per heavy atom. The summed E-state index contributed by atoms with van der Waals surface area (Å²) in [5, 5.41) is 5.70. The molecular formula is C7H10N2S. The molecule has 0 aromatic carbocycles. The van der Waals surface area contributed by atoms with Crippen LogP contribution in [-0.4, -0.2) is 5.71 Å². The Kier molecular flexibility index (Phi) is 2.45. The SMILES string of the molecule is CC/C(=N/N)c1cccs1. The third kappa shape index (κ3) is 1.36. The number of hydrogen-bond acceptors (Lipinski definition) is 3. The molecule has 0 aliphatic rings. The summed E-state index contributed by atoms with van der Waals surface area (Å²) in [5.74, 6) is 5.17. The van der Waals surface area contributed by atoms with E-state index in [-0.39, 0.29) is 0 Å². The summed E-state index contributed by atoms with van der Waals surface area (Å²) < 4.78 is 0. The van der Waals surface area contributed by atoms with Crippen LogP contribution in [-0.2, 0) is 0 Å². The third-order valence-electron chi connectivity index (χ3n) is 1.30. The van der Waals surface area contributed by atoms with Gasteiger partial charge in [0.25, 0.3) is 0 Å². The van der Waals surface area contributed by atoms with Gasteiger partial charge in [-0.05, 0) is 17.9 Å². The molecule has 0 aliphatic heterocycles. The number of nitrogens with two attached hydrogens (primary N) is 1. The fourth-order valence-electron chi connectivity index (χ4n) is 0.772. The lowest BCUT2D eigenvalue weighted by atomic mass is 10.2. The minimum absolute atomic E-state index is 0.900. The molecule has 2 nitrogen and oxygen atoms in total. The van der Waals surface area contributed by atoms with Gasteiger partial charge in [-0.25, -0.2) is 0 Å². The van der Waals surface area contributed by atoms with Gasteiger partial charge in [-0.1, -0.05) is 13.0 Å². The number of hydrazone groups is 1. The predicted molar refractivity (Wildman–Crippen MR) is 45.3 cm³/mol. The summed E-state index contributed by atoms with van der Waals surface area (Å²) in [6, 6.07) is 4.03. The molecule has 0 saturated carbocycles. The smallest absolute Gasteiger partial charge is 0.0769 e. The minimum atomic E-state index is 0.900. The van der Waals surface area contributed by atoms with Crippen molar-refractivity contribution >= 4 is 17.0 Å². The molecule has 0 aliphatic carbocycles. The number of nitrogens with zero attached hydrogens (tertiary/aromatic N) is 1. The summed E-state index contributed by atoms with van der Waals surface area (Å²) in [7, 11) is 0. The Bertz CT molecular complexity index is 214. The highest BCUT2D eigenvalue weighted by Gasteiger charge is 1.99. The van der Waals surface area contributed by atoms with Gasteiger partial charge in [0.15, 0.2) is 0 Å². The zero-order valence-electron chi connectivity index (χ0n) is 5.87. The zero-order valence-corrected chi connectivity index (χ0v) is 6.69. The lowest BCUT2D eigenvalue weighted by Gasteiger charge is -1.94. The largest absolute Gasteiger partial charge is 0.323 e. The van der Waals surface area contributed by atoms with Gasteiger partial charge in [0.2, 0.25) is 0 Å².